The molecular formula is C20H31Cl. The lowest BCUT2D eigenvalue weighted by atomic mass is 9.67. The Labute approximate surface area is 136 Å². The molecule has 0 aromatic heterocycles. The highest BCUT2D eigenvalue weighted by molar-refractivity contribution is 6.18. The maximum absolute atomic E-state index is 6.41. The van der Waals surface area contributed by atoms with Crippen LogP contribution in [0.25, 0.3) is 0 Å². The highest BCUT2D eigenvalue weighted by atomic mass is 35.5. The molecule has 1 aliphatic rings. The lowest BCUT2D eigenvalue weighted by Crippen LogP contribution is -2.31. The summed E-state index contributed by atoms with van der Waals surface area (Å²) in [5.74, 6) is 1.78. The van der Waals surface area contributed by atoms with Gasteiger partial charge in [0, 0.05) is 5.88 Å². The van der Waals surface area contributed by atoms with Crippen molar-refractivity contribution >= 4 is 11.6 Å². The molecule has 1 aliphatic carbocycles. The Morgan fingerprint density at radius 2 is 1.86 bits per heavy atom. The zero-order valence-electron chi connectivity index (χ0n) is 14.1. The highest BCUT2D eigenvalue weighted by Gasteiger charge is 2.34. The third-order valence-corrected chi connectivity index (χ3v) is 6.13. The Morgan fingerprint density at radius 1 is 1.14 bits per heavy atom. The molecule has 1 heteroatoms. The van der Waals surface area contributed by atoms with Gasteiger partial charge in [0.2, 0.25) is 0 Å². The maximum Gasteiger partial charge on any atom is 0.0283 e. The van der Waals surface area contributed by atoms with Crippen LogP contribution < -0.4 is 0 Å². The van der Waals surface area contributed by atoms with E-state index in [9.17, 15) is 0 Å². The van der Waals surface area contributed by atoms with Crippen LogP contribution >= 0.6 is 11.6 Å². The normalized spacial score (nSPS) is 26.0. The van der Waals surface area contributed by atoms with Gasteiger partial charge in [0.1, 0.15) is 0 Å². The van der Waals surface area contributed by atoms with E-state index in [2.05, 4.69) is 39.0 Å². The Bertz CT molecular complexity index is 441. The second kappa shape index (κ2) is 7.68. The Morgan fingerprint density at radius 3 is 2.43 bits per heavy atom. The SMILES string of the molecule is CCCCC1CCC(CCl)(Cc2ccc(C)c(C)c2)CC1. The summed E-state index contributed by atoms with van der Waals surface area (Å²) in [5.41, 5.74) is 4.63. The van der Waals surface area contributed by atoms with E-state index >= 15 is 0 Å². The zero-order valence-corrected chi connectivity index (χ0v) is 14.8. The van der Waals surface area contributed by atoms with Gasteiger partial charge in [-0.3, -0.25) is 0 Å². The van der Waals surface area contributed by atoms with Gasteiger partial charge in [-0.25, -0.2) is 0 Å². The molecule has 0 atom stereocenters. The Kier molecular flexibility index (Phi) is 6.17. The van der Waals surface area contributed by atoms with Crippen LogP contribution in [0.5, 0.6) is 0 Å². The molecule has 0 amide bonds. The van der Waals surface area contributed by atoms with Crippen molar-refractivity contribution in [1.29, 1.82) is 0 Å². The number of hydrogen-bond donors (Lipinski definition) is 0. The third-order valence-electron chi connectivity index (χ3n) is 5.57. The fraction of sp³-hybridized carbons (Fsp3) is 0.700. The molecule has 1 fully saturated rings. The standard InChI is InChI=1S/C20H31Cl/c1-4-5-6-18-9-11-20(15-21,12-10-18)14-19-8-7-16(2)17(3)13-19/h7-8,13,18H,4-6,9-12,14-15H2,1-3H3. The first-order chi connectivity index (χ1) is 10.1. The second-order valence-corrected chi connectivity index (χ2v) is 7.58. The number of unbranched alkanes of at least 4 members (excludes halogenated alkanes) is 1. The molecule has 1 aromatic carbocycles. The molecule has 1 aromatic rings. The van der Waals surface area contributed by atoms with Crippen LogP contribution in [0.2, 0.25) is 0 Å². The fourth-order valence-electron chi connectivity index (χ4n) is 3.78. The number of hydrogen-bond acceptors (Lipinski definition) is 0. The van der Waals surface area contributed by atoms with E-state index in [1.807, 2.05) is 0 Å². The van der Waals surface area contributed by atoms with Crippen molar-refractivity contribution in [3.8, 4) is 0 Å². The number of alkyl halides is 1. The van der Waals surface area contributed by atoms with Gasteiger partial charge in [0.05, 0.1) is 0 Å². The number of benzene rings is 1. The van der Waals surface area contributed by atoms with Crippen molar-refractivity contribution < 1.29 is 0 Å². The van der Waals surface area contributed by atoms with E-state index in [1.165, 1.54) is 61.6 Å². The van der Waals surface area contributed by atoms with Crippen LogP contribution in [-0.4, -0.2) is 5.88 Å². The number of rotatable bonds is 6. The molecule has 0 saturated heterocycles. The summed E-state index contributed by atoms with van der Waals surface area (Å²) < 4.78 is 0. The minimum atomic E-state index is 0.353. The maximum atomic E-state index is 6.41. The third kappa shape index (κ3) is 4.49. The van der Waals surface area contributed by atoms with E-state index in [4.69, 9.17) is 11.6 Å². The summed E-state index contributed by atoms with van der Waals surface area (Å²) in [7, 11) is 0. The second-order valence-electron chi connectivity index (χ2n) is 7.31. The average Bonchev–Trinajstić information content (AvgIpc) is 2.50. The zero-order chi connectivity index (χ0) is 15.3. The van der Waals surface area contributed by atoms with Crippen molar-refractivity contribution in [3.63, 3.8) is 0 Å². The summed E-state index contributed by atoms with van der Waals surface area (Å²) in [4.78, 5) is 0. The van der Waals surface area contributed by atoms with Crippen molar-refractivity contribution in [2.75, 3.05) is 5.88 Å². The predicted molar refractivity (Wildman–Crippen MR) is 94.3 cm³/mol. The van der Waals surface area contributed by atoms with E-state index in [0.717, 1.165) is 18.2 Å². The van der Waals surface area contributed by atoms with E-state index < -0.39 is 0 Å². The van der Waals surface area contributed by atoms with Gasteiger partial charge in [-0.2, -0.15) is 0 Å². The molecule has 0 spiro atoms. The van der Waals surface area contributed by atoms with Crippen molar-refractivity contribution in [3.05, 3.63) is 34.9 Å². The minimum Gasteiger partial charge on any atom is -0.126 e. The van der Waals surface area contributed by atoms with Crippen LogP contribution in [0.15, 0.2) is 18.2 Å². The lowest BCUT2D eigenvalue weighted by molar-refractivity contribution is 0.166. The quantitative estimate of drug-likeness (QED) is 0.530. The molecule has 0 nitrogen and oxygen atoms in total. The van der Waals surface area contributed by atoms with Crippen LogP contribution in [-0.2, 0) is 6.42 Å². The smallest absolute Gasteiger partial charge is 0.0283 e. The van der Waals surface area contributed by atoms with Crippen molar-refractivity contribution in [2.45, 2.75) is 72.1 Å². The topological polar surface area (TPSA) is 0 Å². The number of halogens is 1. The molecule has 0 bridgehead atoms. The molecule has 1 saturated carbocycles. The van der Waals surface area contributed by atoms with Crippen LogP contribution in [0.4, 0.5) is 0 Å². The molecule has 118 valence electrons. The van der Waals surface area contributed by atoms with Gasteiger partial charge in [-0.05, 0) is 74.0 Å². The highest BCUT2D eigenvalue weighted by Crippen LogP contribution is 2.43. The van der Waals surface area contributed by atoms with Crippen LogP contribution in [0, 0.1) is 25.2 Å². The summed E-state index contributed by atoms with van der Waals surface area (Å²) in [6.07, 6.45) is 10.7. The summed E-state index contributed by atoms with van der Waals surface area (Å²) in [6.45, 7) is 6.70. The largest absolute Gasteiger partial charge is 0.126 e. The van der Waals surface area contributed by atoms with E-state index in [0.29, 0.717) is 5.41 Å². The van der Waals surface area contributed by atoms with Gasteiger partial charge in [-0.1, -0.05) is 44.4 Å². The lowest BCUT2D eigenvalue weighted by Gasteiger charge is -2.39. The molecule has 0 heterocycles. The molecule has 0 aliphatic heterocycles. The van der Waals surface area contributed by atoms with Gasteiger partial charge in [-0.15, -0.1) is 11.6 Å². The first-order valence-corrected chi connectivity index (χ1v) is 9.24. The van der Waals surface area contributed by atoms with Crippen LogP contribution in [0.1, 0.15) is 68.6 Å². The Balaban J connectivity index is 1.98. The molecule has 2 rings (SSSR count). The first kappa shape index (κ1) is 16.9. The van der Waals surface area contributed by atoms with Gasteiger partial charge in [0.25, 0.3) is 0 Å². The molecule has 0 radical (unpaired) electrons. The van der Waals surface area contributed by atoms with Gasteiger partial charge in [0.15, 0.2) is 0 Å². The first-order valence-electron chi connectivity index (χ1n) is 8.70. The molecular weight excluding hydrogens is 276 g/mol. The van der Waals surface area contributed by atoms with Gasteiger partial charge < -0.3 is 0 Å². The summed E-state index contributed by atoms with van der Waals surface area (Å²) >= 11 is 6.41. The average molecular weight is 307 g/mol. The fourth-order valence-corrected chi connectivity index (χ4v) is 4.14. The Hall–Kier alpha value is -0.490. The van der Waals surface area contributed by atoms with E-state index in [-0.39, 0.29) is 0 Å². The monoisotopic (exact) mass is 306 g/mol. The molecule has 0 unspecified atom stereocenters. The molecule has 0 N–H and O–H groups in total. The van der Waals surface area contributed by atoms with E-state index in [1.54, 1.807) is 0 Å². The predicted octanol–water partition coefficient (Wildman–Crippen LogP) is 6.45. The summed E-state index contributed by atoms with van der Waals surface area (Å²) in [5, 5.41) is 0. The molecule has 21 heavy (non-hydrogen) atoms. The van der Waals surface area contributed by atoms with Crippen LogP contribution in [0.3, 0.4) is 0 Å². The van der Waals surface area contributed by atoms with Gasteiger partial charge >= 0.3 is 0 Å². The number of aryl methyl sites for hydroxylation is 2. The minimum absolute atomic E-state index is 0.353. The summed E-state index contributed by atoms with van der Waals surface area (Å²) in [6, 6.07) is 6.94. The van der Waals surface area contributed by atoms with Crippen molar-refractivity contribution in [2.24, 2.45) is 11.3 Å². The van der Waals surface area contributed by atoms with Crippen molar-refractivity contribution in [1.82, 2.24) is 0 Å².